The molecule has 0 aliphatic heterocycles. The number of rotatable bonds is 43. The highest BCUT2D eigenvalue weighted by Crippen LogP contribution is 2.16. The van der Waals surface area contributed by atoms with Crippen LogP contribution in [0.15, 0.2) is 36.5 Å². The second kappa shape index (κ2) is 41.3. The molecule has 0 N–H and O–H groups in total. The zero-order chi connectivity index (χ0) is 42.8. The molecule has 0 bridgehead atoms. The average Bonchev–Trinajstić information content (AvgIpc) is 3.18. The van der Waals surface area contributed by atoms with Gasteiger partial charge in [0.2, 0.25) is 0 Å². The number of hydrogen-bond donors (Lipinski definition) is 0. The summed E-state index contributed by atoms with van der Waals surface area (Å²) in [5.74, 6) is -1.78. The van der Waals surface area contributed by atoms with E-state index in [1.807, 2.05) is 0 Å². The highest BCUT2D eigenvalue weighted by Gasteiger charge is 2.25. The summed E-state index contributed by atoms with van der Waals surface area (Å²) in [6.45, 7) is 4.53. The van der Waals surface area contributed by atoms with Crippen LogP contribution >= 0.6 is 0 Å². The first kappa shape index (κ1) is 55.5. The number of likely N-dealkylation sites (N-methyl/N-ethyl adjacent to an activating group) is 1. The van der Waals surface area contributed by atoms with E-state index in [1.54, 1.807) is 21.1 Å². The Hall–Kier alpha value is -2.45. The van der Waals surface area contributed by atoms with E-state index >= 15 is 0 Å². The van der Waals surface area contributed by atoms with Crippen molar-refractivity contribution in [2.45, 2.75) is 225 Å². The third-order valence-corrected chi connectivity index (χ3v) is 10.8. The molecule has 0 aromatic heterocycles. The minimum absolute atomic E-state index is 0.0312. The maximum absolute atomic E-state index is 12.7. The number of quaternary nitrogens is 1. The Labute approximate surface area is 357 Å². The van der Waals surface area contributed by atoms with Gasteiger partial charge in [0, 0.05) is 19.3 Å². The Morgan fingerprint density at radius 2 is 0.966 bits per heavy atom. The van der Waals surface area contributed by atoms with E-state index in [9.17, 15) is 19.5 Å². The van der Waals surface area contributed by atoms with Gasteiger partial charge in [0.15, 0.2) is 6.10 Å². The number of nitrogens with zero attached hydrogens (tertiary/aromatic N) is 1. The Morgan fingerprint density at radius 3 is 1.43 bits per heavy atom. The fraction of sp³-hybridized carbons (Fsp3) is 0.820. The van der Waals surface area contributed by atoms with Crippen LogP contribution in [-0.2, 0) is 28.6 Å². The van der Waals surface area contributed by atoms with Crippen LogP contribution in [0.4, 0.5) is 0 Å². The van der Waals surface area contributed by atoms with Crippen LogP contribution < -0.4 is 5.11 Å². The summed E-state index contributed by atoms with van der Waals surface area (Å²) in [6, 6.07) is -0.730. The summed E-state index contributed by atoms with van der Waals surface area (Å²) >= 11 is 0. The van der Waals surface area contributed by atoms with E-state index in [-0.39, 0.29) is 42.7 Å². The van der Waals surface area contributed by atoms with E-state index in [0.717, 1.165) is 57.8 Å². The predicted molar refractivity (Wildman–Crippen MR) is 240 cm³/mol. The molecule has 0 aromatic rings. The Bertz CT molecular complexity index is 1050. The minimum atomic E-state index is -1.13. The van der Waals surface area contributed by atoms with Crippen molar-refractivity contribution in [1.29, 1.82) is 0 Å². The van der Waals surface area contributed by atoms with Crippen LogP contribution in [0.25, 0.3) is 0 Å². The number of aliphatic carboxylic acids is 1. The van der Waals surface area contributed by atoms with Gasteiger partial charge in [-0.25, -0.2) is 0 Å². The third-order valence-electron chi connectivity index (χ3n) is 10.8. The number of allylic oxidation sites excluding steroid dienone is 6. The summed E-state index contributed by atoms with van der Waals surface area (Å²) in [7, 11) is 5.40. The molecule has 0 amide bonds. The van der Waals surface area contributed by atoms with Crippen LogP contribution in [0, 0.1) is 0 Å². The van der Waals surface area contributed by atoms with Gasteiger partial charge in [-0.2, -0.15) is 0 Å². The summed E-state index contributed by atoms with van der Waals surface area (Å²) in [5.41, 5.74) is 0. The average molecular weight is 818 g/mol. The van der Waals surface area contributed by atoms with E-state index in [1.165, 1.54) is 122 Å². The van der Waals surface area contributed by atoms with Gasteiger partial charge < -0.3 is 28.6 Å². The zero-order valence-corrected chi connectivity index (χ0v) is 38.5. The summed E-state index contributed by atoms with van der Waals surface area (Å²) in [4.78, 5) is 36.9. The lowest BCUT2D eigenvalue weighted by atomic mass is 10.0. The fourth-order valence-corrected chi connectivity index (χ4v) is 7.09. The van der Waals surface area contributed by atoms with Crippen LogP contribution in [0.2, 0.25) is 0 Å². The molecule has 0 radical (unpaired) electrons. The second-order valence-electron chi connectivity index (χ2n) is 17.3. The molecule has 0 aromatic carbocycles. The number of hydrogen-bond acceptors (Lipinski definition) is 7. The molecular weight excluding hydrogens is 727 g/mol. The van der Waals surface area contributed by atoms with Gasteiger partial charge in [-0.3, -0.25) is 9.59 Å². The molecule has 58 heavy (non-hydrogen) atoms. The molecule has 0 saturated carbocycles. The van der Waals surface area contributed by atoms with Gasteiger partial charge in [-0.1, -0.05) is 185 Å². The van der Waals surface area contributed by atoms with Crippen molar-refractivity contribution in [3.63, 3.8) is 0 Å². The largest absolute Gasteiger partial charge is 0.544 e. The predicted octanol–water partition coefficient (Wildman–Crippen LogP) is 12.1. The topological polar surface area (TPSA) is 102 Å². The molecule has 0 fully saturated rings. The highest BCUT2D eigenvalue weighted by atomic mass is 16.6. The number of carbonyl (C=O) groups excluding carboxylic acids is 3. The molecular formula is C50H91NO7. The Kier molecular flexibility index (Phi) is 39.5. The highest BCUT2D eigenvalue weighted by molar-refractivity contribution is 5.70. The first-order valence-corrected chi connectivity index (χ1v) is 24.0. The van der Waals surface area contributed by atoms with Gasteiger partial charge in [-0.15, -0.1) is 0 Å². The molecule has 0 spiro atoms. The van der Waals surface area contributed by atoms with Gasteiger partial charge >= 0.3 is 11.9 Å². The van der Waals surface area contributed by atoms with E-state index in [0.29, 0.717) is 12.8 Å². The van der Waals surface area contributed by atoms with Crippen molar-refractivity contribution in [2.24, 2.45) is 0 Å². The molecule has 2 unspecified atom stereocenters. The minimum Gasteiger partial charge on any atom is -0.544 e. The molecule has 338 valence electrons. The number of esters is 2. The summed E-state index contributed by atoms with van der Waals surface area (Å²) in [6.07, 6.45) is 47.6. The number of unbranched alkanes of at least 4 members (excludes halogenated alkanes) is 23. The van der Waals surface area contributed by atoms with E-state index < -0.39 is 18.1 Å². The standard InChI is InChI=1S/C50H91NO7/c1-6-8-10-12-14-16-18-20-21-22-23-24-25-26-27-28-29-31-33-35-37-39-41-49(53)58-46(44-56-43-42-47(50(54)55)51(3,4)5)45-57-48(52)40-38-36-34-32-30-19-17-15-13-11-9-7-2/h9,11,15,17,30,32,46-47H,6-8,10,12-14,16,18-29,31,33-45H2,1-5H3/b11-9+,17-15+,32-30+. The Balaban J connectivity index is 4.22. The molecule has 0 heterocycles. The molecule has 0 saturated heterocycles. The number of carbonyl (C=O) groups is 3. The van der Waals surface area contributed by atoms with Crippen molar-refractivity contribution in [2.75, 3.05) is 41.0 Å². The molecule has 0 rings (SSSR count). The molecule has 0 aliphatic rings. The number of ether oxygens (including phenoxy) is 3. The van der Waals surface area contributed by atoms with Crippen molar-refractivity contribution < 1.29 is 38.2 Å². The quantitative estimate of drug-likeness (QED) is 0.0261. The van der Waals surface area contributed by atoms with Crippen LogP contribution in [0.3, 0.4) is 0 Å². The normalized spacial score (nSPS) is 13.2. The fourth-order valence-electron chi connectivity index (χ4n) is 7.09. The van der Waals surface area contributed by atoms with Crippen molar-refractivity contribution >= 4 is 17.9 Å². The second-order valence-corrected chi connectivity index (χ2v) is 17.3. The molecule has 8 nitrogen and oxygen atoms in total. The molecule has 8 heteroatoms. The third kappa shape index (κ3) is 39.0. The van der Waals surface area contributed by atoms with Crippen molar-refractivity contribution in [3.8, 4) is 0 Å². The molecule has 2 atom stereocenters. The lowest BCUT2D eigenvalue weighted by Gasteiger charge is -2.34. The maximum Gasteiger partial charge on any atom is 0.306 e. The number of carboxylic acid groups (broad SMARTS) is 1. The monoisotopic (exact) mass is 818 g/mol. The van der Waals surface area contributed by atoms with Gasteiger partial charge in [0.1, 0.15) is 12.6 Å². The summed E-state index contributed by atoms with van der Waals surface area (Å²) < 4.78 is 17.1. The van der Waals surface area contributed by atoms with Crippen LogP contribution in [-0.4, -0.2) is 75.5 Å². The SMILES string of the molecule is CC/C=C/C/C=C/C/C=C/CCCCC(=O)OCC(COCCC(C(=O)[O-])[N+](C)(C)C)OC(=O)CCCCCCCCCCCCCCCCCCCCCCCC. The van der Waals surface area contributed by atoms with Gasteiger partial charge in [0.25, 0.3) is 0 Å². The zero-order valence-electron chi connectivity index (χ0n) is 38.5. The first-order valence-electron chi connectivity index (χ1n) is 24.0. The van der Waals surface area contributed by atoms with Crippen molar-refractivity contribution in [3.05, 3.63) is 36.5 Å². The first-order chi connectivity index (χ1) is 28.1. The van der Waals surface area contributed by atoms with E-state index in [4.69, 9.17) is 14.2 Å². The summed E-state index contributed by atoms with van der Waals surface area (Å²) in [5, 5.41) is 11.6. The van der Waals surface area contributed by atoms with Gasteiger partial charge in [-0.05, 0) is 44.9 Å². The van der Waals surface area contributed by atoms with Crippen molar-refractivity contribution in [1.82, 2.24) is 0 Å². The lowest BCUT2D eigenvalue weighted by Crippen LogP contribution is -2.55. The lowest BCUT2D eigenvalue weighted by molar-refractivity contribution is -0.889. The van der Waals surface area contributed by atoms with Gasteiger partial charge in [0.05, 0.1) is 40.3 Å². The van der Waals surface area contributed by atoms with Crippen LogP contribution in [0.5, 0.6) is 0 Å². The molecule has 0 aliphatic carbocycles. The maximum atomic E-state index is 12.7. The van der Waals surface area contributed by atoms with Crippen LogP contribution in [0.1, 0.15) is 213 Å². The Morgan fingerprint density at radius 1 is 0.534 bits per heavy atom. The number of carboxylic acids is 1. The van der Waals surface area contributed by atoms with E-state index in [2.05, 4.69) is 50.3 Å². The smallest absolute Gasteiger partial charge is 0.306 e.